The molecular weight excluding hydrogens is 304 g/mol. The topological polar surface area (TPSA) is 63.4 Å². The minimum absolute atomic E-state index is 0.0294. The van der Waals surface area contributed by atoms with Crippen LogP contribution in [-0.2, 0) is 0 Å². The average Bonchev–Trinajstić information content (AvgIpc) is 3.05. The molecule has 2 N–H and O–H groups in total. The molecule has 24 heavy (non-hydrogen) atoms. The number of rotatable bonds is 4. The van der Waals surface area contributed by atoms with E-state index >= 15 is 0 Å². The summed E-state index contributed by atoms with van der Waals surface area (Å²) in [5.74, 6) is 1.40. The fourth-order valence-electron chi connectivity index (χ4n) is 2.99. The van der Waals surface area contributed by atoms with Gasteiger partial charge in [-0.2, -0.15) is 0 Å². The van der Waals surface area contributed by atoms with E-state index < -0.39 is 0 Å². The molecule has 0 saturated heterocycles. The molecule has 0 fully saturated rings. The molecule has 5 heteroatoms. The summed E-state index contributed by atoms with van der Waals surface area (Å²) in [6, 6.07) is 13.1. The maximum absolute atomic E-state index is 12.8. The average molecular weight is 322 g/mol. The molecule has 0 amide bonds. The number of aromatic nitrogens is 1. The normalized spacial score (nSPS) is 14.4. The van der Waals surface area contributed by atoms with Gasteiger partial charge in [0.2, 0.25) is 0 Å². The van der Waals surface area contributed by atoms with Gasteiger partial charge >= 0.3 is 0 Å². The number of ketones is 1. The fourth-order valence-corrected chi connectivity index (χ4v) is 2.99. The first kappa shape index (κ1) is 14.6. The van der Waals surface area contributed by atoms with Crippen molar-refractivity contribution < 1.29 is 14.3 Å². The number of anilines is 1. The Morgan fingerprint density at radius 2 is 1.96 bits per heavy atom. The number of carbonyl (C=O) groups is 1. The molecule has 1 atom stereocenters. The van der Waals surface area contributed by atoms with E-state index in [2.05, 4.69) is 10.3 Å². The Labute approximate surface area is 139 Å². The van der Waals surface area contributed by atoms with Crippen LogP contribution in [0.25, 0.3) is 10.9 Å². The molecule has 0 saturated carbocycles. The van der Waals surface area contributed by atoms with Crippen molar-refractivity contribution >= 4 is 22.4 Å². The predicted octanol–water partition coefficient (Wildman–Crippen LogP) is 3.62. The number of nitrogens with one attached hydrogen (secondary N) is 2. The Bertz CT molecular complexity index is 901. The summed E-state index contributed by atoms with van der Waals surface area (Å²) in [5.41, 5.74) is 2.42. The molecule has 1 aliphatic rings. The Morgan fingerprint density at radius 1 is 1.12 bits per heavy atom. The second-order valence-corrected chi connectivity index (χ2v) is 5.81. The van der Waals surface area contributed by atoms with Gasteiger partial charge in [-0.1, -0.05) is 24.3 Å². The van der Waals surface area contributed by atoms with Crippen molar-refractivity contribution in [2.75, 3.05) is 18.5 Å². The van der Waals surface area contributed by atoms with Crippen LogP contribution in [0.1, 0.15) is 17.3 Å². The number of fused-ring (bicyclic) bond motifs is 2. The van der Waals surface area contributed by atoms with Gasteiger partial charge in [-0.05, 0) is 25.1 Å². The van der Waals surface area contributed by atoms with Gasteiger partial charge in [0.05, 0.1) is 11.7 Å². The van der Waals surface area contributed by atoms with E-state index in [4.69, 9.17) is 9.47 Å². The third-order valence-electron chi connectivity index (χ3n) is 4.19. The van der Waals surface area contributed by atoms with Crippen molar-refractivity contribution in [3.63, 3.8) is 0 Å². The minimum atomic E-state index is -0.388. The first-order valence-corrected chi connectivity index (χ1v) is 7.99. The standard InChI is InChI=1S/C19H18N2O3/c1-12(18(22)14-11-20-15-6-3-2-5-13(14)15)21-16-7-4-8-17-19(16)24-10-9-23-17/h2-8,11-12,20-21H,9-10H2,1H3/t12-/m0/s1. The quantitative estimate of drug-likeness (QED) is 0.720. The highest BCUT2D eigenvalue weighted by molar-refractivity contribution is 6.11. The predicted molar refractivity (Wildman–Crippen MR) is 93.1 cm³/mol. The summed E-state index contributed by atoms with van der Waals surface area (Å²) in [4.78, 5) is 16.0. The van der Waals surface area contributed by atoms with Crippen LogP contribution in [-0.4, -0.2) is 30.0 Å². The number of hydrogen-bond acceptors (Lipinski definition) is 4. The Hall–Kier alpha value is -2.95. The number of aromatic amines is 1. The van der Waals surface area contributed by atoms with Crippen molar-refractivity contribution in [3.8, 4) is 11.5 Å². The van der Waals surface area contributed by atoms with Gasteiger partial charge in [-0.3, -0.25) is 4.79 Å². The van der Waals surface area contributed by atoms with Crippen LogP contribution in [0.2, 0.25) is 0 Å². The molecule has 0 unspecified atom stereocenters. The van der Waals surface area contributed by atoms with Crippen LogP contribution in [0, 0.1) is 0 Å². The molecule has 0 spiro atoms. The van der Waals surface area contributed by atoms with Crippen molar-refractivity contribution in [2.45, 2.75) is 13.0 Å². The van der Waals surface area contributed by atoms with Gasteiger partial charge in [-0.15, -0.1) is 0 Å². The molecule has 4 rings (SSSR count). The summed E-state index contributed by atoms with van der Waals surface area (Å²) >= 11 is 0. The molecule has 0 radical (unpaired) electrons. The number of ether oxygens (including phenoxy) is 2. The third kappa shape index (κ3) is 2.48. The van der Waals surface area contributed by atoms with Crippen LogP contribution in [0.4, 0.5) is 5.69 Å². The maximum Gasteiger partial charge on any atom is 0.186 e. The highest BCUT2D eigenvalue weighted by atomic mass is 16.6. The molecule has 122 valence electrons. The third-order valence-corrected chi connectivity index (χ3v) is 4.19. The monoisotopic (exact) mass is 322 g/mol. The first-order valence-electron chi connectivity index (χ1n) is 7.99. The van der Waals surface area contributed by atoms with E-state index in [0.29, 0.717) is 30.3 Å². The highest BCUT2D eigenvalue weighted by Crippen LogP contribution is 2.37. The van der Waals surface area contributed by atoms with Crippen molar-refractivity contribution in [1.29, 1.82) is 0 Å². The molecule has 2 aromatic carbocycles. The summed E-state index contributed by atoms with van der Waals surface area (Å²) < 4.78 is 11.3. The second kappa shape index (κ2) is 5.92. The van der Waals surface area contributed by atoms with E-state index in [0.717, 1.165) is 16.6 Å². The fraction of sp³-hybridized carbons (Fsp3) is 0.211. The zero-order chi connectivity index (χ0) is 16.5. The van der Waals surface area contributed by atoms with E-state index in [1.165, 1.54) is 0 Å². The Balaban J connectivity index is 1.60. The summed E-state index contributed by atoms with van der Waals surface area (Å²) in [6.45, 7) is 2.91. The molecule has 0 aliphatic carbocycles. The van der Waals surface area contributed by atoms with E-state index in [-0.39, 0.29) is 11.8 Å². The SMILES string of the molecule is C[C@H](Nc1cccc2c1OCCO2)C(=O)c1c[nH]c2ccccc12. The number of benzene rings is 2. The Kier molecular flexibility index (Phi) is 3.61. The molecule has 2 heterocycles. The second-order valence-electron chi connectivity index (χ2n) is 5.81. The summed E-state index contributed by atoms with van der Waals surface area (Å²) in [6.07, 6.45) is 1.77. The lowest BCUT2D eigenvalue weighted by Gasteiger charge is -2.23. The lowest BCUT2D eigenvalue weighted by Crippen LogP contribution is -2.27. The van der Waals surface area contributed by atoms with Gasteiger partial charge < -0.3 is 19.8 Å². The van der Waals surface area contributed by atoms with E-state index in [1.54, 1.807) is 6.20 Å². The molecule has 3 aromatic rings. The maximum atomic E-state index is 12.8. The van der Waals surface area contributed by atoms with Crippen LogP contribution in [0.15, 0.2) is 48.7 Å². The van der Waals surface area contributed by atoms with Crippen LogP contribution in [0.5, 0.6) is 11.5 Å². The van der Waals surface area contributed by atoms with Crippen LogP contribution >= 0.6 is 0 Å². The van der Waals surface area contributed by atoms with Crippen molar-refractivity contribution in [2.24, 2.45) is 0 Å². The van der Waals surface area contributed by atoms with Crippen LogP contribution in [0.3, 0.4) is 0 Å². The molecule has 5 nitrogen and oxygen atoms in total. The van der Waals surface area contributed by atoms with Gasteiger partial charge in [-0.25, -0.2) is 0 Å². The molecular formula is C19H18N2O3. The minimum Gasteiger partial charge on any atom is -0.486 e. The zero-order valence-corrected chi connectivity index (χ0v) is 13.3. The smallest absolute Gasteiger partial charge is 0.186 e. The number of carbonyl (C=O) groups excluding carboxylic acids is 1. The zero-order valence-electron chi connectivity index (χ0n) is 13.3. The Morgan fingerprint density at radius 3 is 2.88 bits per heavy atom. The number of hydrogen-bond donors (Lipinski definition) is 2. The molecule has 1 aromatic heterocycles. The van der Waals surface area contributed by atoms with E-state index in [9.17, 15) is 4.79 Å². The van der Waals surface area contributed by atoms with Crippen LogP contribution < -0.4 is 14.8 Å². The molecule has 1 aliphatic heterocycles. The van der Waals surface area contributed by atoms with Crippen molar-refractivity contribution in [3.05, 3.63) is 54.2 Å². The lowest BCUT2D eigenvalue weighted by molar-refractivity contribution is 0.0977. The van der Waals surface area contributed by atoms with E-state index in [1.807, 2.05) is 49.4 Å². The van der Waals surface area contributed by atoms with Crippen molar-refractivity contribution in [1.82, 2.24) is 4.98 Å². The number of para-hydroxylation sites is 2. The number of H-pyrrole nitrogens is 1. The van der Waals surface area contributed by atoms with Gasteiger partial charge in [0.25, 0.3) is 0 Å². The largest absolute Gasteiger partial charge is 0.486 e. The highest BCUT2D eigenvalue weighted by Gasteiger charge is 2.22. The van der Waals surface area contributed by atoms with Gasteiger partial charge in [0.15, 0.2) is 17.3 Å². The van der Waals surface area contributed by atoms with Gasteiger partial charge in [0.1, 0.15) is 13.2 Å². The molecule has 0 bridgehead atoms. The first-order chi connectivity index (χ1) is 11.7. The lowest BCUT2D eigenvalue weighted by atomic mass is 10.0. The summed E-state index contributed by atoms with van der Waals surface area (Å²) in [5, 5.41) is 4.19. The number of Topliss-reactive ketones (excluding diaryl/α,β-unsaturated/α-hetero) is 1. The van der Waals surface area contributed by atoms with Gasteiger partial charge in [0, 0.05) is 22.7 Å². The summed E-state index contributed by atoms with van der Waals surface area (Å²) in [7, 11) is 0.